The van der Waals surface area contributed by atoms with E-state index in [9.17, 15) is 14.0 Å². The summed E-state index contributed by atoms with van der Waals surface area (Å²) in [6, 6.07) is 4.36. The van der Waals surface area contributed by atoms with Crippen LogP contribution in [0.4, 0.5) is 4.39 Å². The normalized spacial score (nSPS) is 20.9. The molecule has 1 heterocycles. The molecular weight excluding hydrogens is 265 g/mol. The van der Waals surface area contributed by atoms with Gasteiger partial charge in [0.15, 0.2) is 0 Å². The van der Waals surface area contributed by atoms with Crippen LogP contribution in [0.25, 0.3) is 10.9 Å². The van der Waals surface area contributed by atoms with Crippen molar-refractivity contribution in [3.8, 4) is 5.75 Å². The van der Waals surface area contributed by atoms with E-state index in [2.05, 4.69) is 0 Å². The minimum Gasteiger partial charge on any atom is -0.495 e. The number of hydrogen-bond acceptors (Lipinski definition) is 3. The smallest absolute Gasteiger partial charge is 0.341 e. The highest BCUT2D eigenvalue weighted by Gasteiger charge is 2.40. The van der Waals surface area contributed by atoms with E-state index in [0.717, 1.165) is 0 Å². The van der Waals surface area contributed by atoms with Gasteiger partial charge in [0, 0.05) is 12.6 Å². The number of aromatic carboxylic acids is 1. The van der Waals surface area contributed by atoms with Crippen LogP contribution in [0.2, 0.25) is 0 Å². The van der Waals surface area contributed by atoms with Crippen molar-refractivity contribution in [1.82, 2.24) is 4.57 Å². The van der Waals surface area contributed by atoms with Gasteiger partial charge in [0.25, 0.3) is 0 Å². The van der Waals surface area contributed by atoms with Crippen LogP contribution in [0.5, 0.6) is 5.75 Å². The number of ether oxygens (including phenoxy) is 1. The molecular formula is C14H12FNO4. The van der Waals surface area contributed by atoms with Crippen LogP contribution < -0.4 is 10.2 Å². The molecule has 5 nitrogen and oxygen atoms in total. The Hall–Kier alpha value is -2.37. The van der Waals surface area contributed by atoms with E-state index in [1.807, 2.05) is 0 Å². The fourth-order valence-electron chi connectivity index (χ4n) is 2.40. The number of carbonyl (C=O) groups is 1. The molecule has 1 aromatic carbocycles. The van der Waals surface area contributed by atoms with Gasteiger partial charge in [0.2, 0.25) is 5.43 Å². The lowest BCUT2D eigenvalue weighted by molar-refractivity contribution is 0.0694. The second kappa shape index (κ2) is 4.33. The molecule has 20 heavy (non-hydrogen) atoms. The van der Waals surface area contributed by atoms with Crippen molar-refractivity contribution in [2.24, 2.45) is 0 Å². The topological polar surface area (TPSA) is 68.5 Å². The number of fused-ring (bicyclic) bond motifs is 1. The van der Waals surface area contributed by atoms with Crippen molar-refractivity contribution < 1.29 is 19.0 Å². The second-order valence-corrected chi connectivity index (χ2v) is 4.76. The minimum absolute atomic E-state index is 0.225. The van der Waals surface area contributed by atoms with Crippen molar-refractivity contribution in [3.63, 3.8) is 0 Å². The minimum atomic E-state index is -1.32. The summed E-state index contributed by atoms with van der Waals surface area (Å²) in [5.41, 5.74) is -0.501. The van der Waals surface area contributed by atoms with Crippen molar-refractivity contribution in [3.05, 3.63) is 40.2 Å². The number of benzene rings is 1. The van der Waals surface area contributed by atoms with Gasteiger partial charge in [-0.1, -0.05) is 6.07 Å². The number of rotatable bonds is 3. The van der Waals surface area contributed by atoms with Gasteiger partial charge < -0.3 is 14.4 Å². The molecule has 0 bridgehead atoms. The zero-order valence-electron chi connectivity index (χ0n) is 10.7. The number of nitrogens with zero attached hydrogens (tertiary/aromatic N) is 1. The summed E-state index contributed by atoms with van der Waals surface area (Å²) in [6.45, 7) is 0. The fourth-order valence-corrected chi connectivity index (χ4v) is 2.40. The predicted octanol–water partition coefficient (Wildman–Crippen LogP) is 1.99. The lowest BCUT2D eigenvalue weighted by Gasteiger charge is -2.14. The average Bonchev–Trinajstić information content (AvgIpc) is 3.15. The number of para-hydroxylation sites is 1. The molecule has 1 N–H and O–H groups in total. The average molecular weight is 277 g/mol. The molecule has 6 heteroatoms. The summed E-state index contributed by atoms with van der Waals surface area (Å²) in [7, 11) is 1.45. The fraction of sp³-hybridized carbons (Fsp3) is 0.286. The number of carboxylic acid groups (broad SMARTS) is 1. The van der Waals surface area contributed by atoms with E-state index >= 15 is 0 Å². The van der Waals surface area contributed by atoms with Gasteiger partial charge in [0.05, 0.1) is 24.1 Å². The maximum absolute atomic E-state index is 13.4. The molecule has 1 aromatic heterocycles. The van der Waals surface area contributed by atoms with Crippen LogP contribution >= 0.6 is 0 Å². The zero-order valence-corrected chi connectivity index (χ0v) is 10.7. The molecule has 1 aliphatic rings. The summed E-state index contributed by atoms with van der Waals surface area (Å²) in [4.78, 5) is 23.3. The van der Waals surface area contributed by atoms with Crippen LogP contribution in [0.15, 0.2) is 29.2 Å². The zero-order chi connectivity index (χ0) is 14.4. The quantitative estimate of drug-likeness (QED) is 0.931. The second-order valence-electron chi connectivity index (χ2n) is 4.76. The van der Waals surface area contributed by atoms with Gasteiger partial charge in [-0.05, 0) is 12.1 Å². The monoisotopic (exact) mass is 277 g/mol. The highest BCUT2D eigenvalue weighted by atomic mass is 19.1. The third kappa shape index (κ3) is 1.76. The van der Waals surface area contributed by atoms with Crippen molar-refractivity contribution in [1.29, 1.82) is 0 Å². The Morgan fingerprint density at radius 3 is 2.75 bits per heavy atom. The Kier molecular flexibility index (Phi) is 2.74. The van der Waals surface area contributed by atoms with Crippen molar-refractivity contribution in [2.75, 3.05) is 7.11 Å². The summed E-state index contributed by atoms with van der Waals surface area (Å²) in [6.07, 6.45) is 0.502. The van der Waals surface area contributed by atoms with Gasteiger partial charge in [-0.25, -0.2) is 9.18 Å². The standard InChI is InChI=1S/C14H12FNO4/c1-20-11-4-2-3-7-12(11)16(10-5-9(10)15)6-8(13(7)17)14(18)19/h2-4,6,9-10H,5H2,1H3,(H,18,19)/t9-,10+/m0/s1. The lowest BCUT2D eigenvalue weighted by Crippen LogP contribution is -2.19. The first-order valence-electron chi connectivity index (χ1n) is 6.13. The van der Waals surface area contributed by atoms with Crippen LogP contribution in [0.3, 0.4) is 0 Å². The Morgan fingerprint density at radius 2 is 2.20 bits per heavy atom. The van der Waals surface area contributed by atoms with Gasteiger partial charge in [-0.3, -0.25) is 4.79 Å². The van der Waals surface area contributed by atoms with E-state index in [-0.39, 0.29) is 10.9 Å². The van der Waals surface area contributed by atoms with E-state index in [1.54, 1.807) is 12.1 Å². The molecule has 2 aromatic rings. The van der Waals surface area contributed by atoms with Crippen LogP contribution in [-0.2, 0) is 0 Å². The molecule has 3 rings (SSSR count). The SMILES string of the molecule is COc1cccc2c(=O)c(C(=O)O)cn([C@@H]3C[C@@H]3F)c12. The summed E-state index contributed by atoms with van der Waals surface area (Å²) in [5.74, 6) is -0.889. The molecule has 0 unspecified atom stereocenters. The molecule has 1 aliphatic carbocycles. The molecule has 1 fully saturated rings. The molecule has 104 valence electrons. The van der Waals surface area contributed by atoms with E-state index in [0.29, 0.717) is 17.7 Å². The summed E-state index contributed by atoms with van der Waals surface area (Å²) >= 11 is 0. The molecule has 0 spiro atoms. The highest BCUT2D eigenvalue weighted by molar-refractivity contribution is 5.94. The third-order valence-electron chi connectivity index (χ3n) is 3.50. The maximum Gasteiger partial charge on any atom is 0.341 e. The van der Waals surface area contributed by atoms with Crippen LogP contribution in [0.1, 0.15) is 22.8 Å². The summed E-state index contributed by atoms with van der Waals surface area (Å²) < 4.78 is 20.1. The lowest BCUT2D eigenvalue weighted by atomic mass is 10.1. The van der Waals surface area contributed by atoms with Crippen molar-refractivity contribution in [2.45, 2.75) is 18.6 Å². The largest absolute Gasteiger partial charge is 0.495 e. The first-order chi connectivity index (χ1) is 9.54. The molecule has 0 radical (unpaired) electrons. The first-order valence-corrected chi connectivity index (χ1v) is 6.13. The number of methoxy groups -OCH3 is 1. The van der Waals surface area contributed by atoms with E-state index < -0.39 is 23.6 Å². The van der Waals surface area contributed by atoms with Gasteiger partial charge in [0.1, 0.15) is 17.5 Å². The molecule has 0 amide bonds. The molecule has 0 aliphatic heterocycles. The number of aromatic nitrogens is 1. The number of alkyl halides is 1. The van der Waals surface area contributed by atoms with Crippen LogP contribution in [-0.4, -0.2) is 28.9 Å². The van der Waals surface area contributed by atoms with Crippen LogP contribution in [0, 0.1) is 0 Å². The molecule has 1 saturated carbocycles. The Labute approximate surface area is 113 Å². The Bertz CT molecular complexity index is 768. The van der Waals surface area contributed by atoms with E-state index in [4.69, 9.17) is 9.84 Å². The predicted molar refractivity (Wildman–Crippen MR) is 70.3 cm³/mol. The van der Waals surface area contributed by atoms with E-state index in [1.165, 1.54) is 23.9 Å². The van der Waals surface area contributed by atoms with Crippen molar-refractivity contribution >= 4 is 16.9 Å². The number of hydrogen-bond donors (Lipinski definition) is 1. The third-order valence-corrected chi connectivity index (χ3v) is 3.50. The molecule has 0 saturated heterocycles. The van der Waals surface area contributed by atoms with Gasteiger partial charge >= 0.3 is 5.97 Å². The van der Waals surface area contributed by atoms with Gasteiger partial charge in [-0.2, -0.15) is 0 Å². The number of halogens is 1. The Morgan fingerprint density at radius 1 is 1.50 bits per heavy atom. The number of carboxylic acids is 1. The Balaban J connectivity index is 2.42. The summed E-state index contributed by atoms with van der Waals surface area (Å²) in [5, 5.41) is 9.33. The number of pyridine rings is 1. The highest BCUT2D eigenvalue weighted by Crippen LogP contribution is 2.42. The van der Waals surface area contributed by atoms with Gasteiger partial charge in [-0.15, -0.1) is 0 Å². The maximum atomic E-state index is 13.4. The molecule has 2 atom stereocenters. The first kappa shape index (κ1) is 12.7.